The second-order valence-electron chi connectivity index (χ2n) is 4.41. The average Bonchev–Trinajstić information content (AvgIpc) is 2.28. The molecule has 1 rings (SSSR count). The molecular weight excluding hydrogens is 235 g/mol. The van der Waals surface area contributed by atoms with Gasteiger partial charge in [0.25, 0.3) is 0 Å². The fourth-order valence-electron chi connectivity index (χ4n) is 1.65. The van der Waals surface area contributed by atoms with Gasteiger partial charge in [-0.2, -0.15) is 0 Å². The molecule has 0 bridgehead atoms. The normalized spacial score (nSPS) is 14.0. The summed E-state index contributed by atoms with van der Waals surface area (Å²) in [7, 11) is 0. The van der Waals surface area contributed by atoms with Crippen LogP contribution in [0.1, 0.15) is 20.3 Å². The summed E-state index contributed by atoms with van der Waals surface area (Å²) in [5.41, 5.74) is 0.447. The molecule has 2 atom stereocenters. The zero-order chi connectivity index (χ0) is 13.5. The summed E-state index contributed by atoms with van der Waals surface area (Å²) in [5, 5.41) is 14.6. The summed E-state index contributed by atoms with van der Waals surface area (Å²) in [6, 6.07) is 5.66. The van der Waals surface area contributed by atoms with Gasteiger partial charge in [-0.1, -0.05) is 6.07 Å². The van der Waals surface area contributed by atoms with E-state index < -0.39 is 0 Å². The molecule has 0 heterocycles. The minimum atomic E-state index is -0.382. The van der Waals surface area contributed by atoms with Crippen LogP contribution in [0.4, 0.5) is 10.1 Å². The lowest BCUT2D eigenvalue weighted by Gasteiger charge is -2.17. The van der Waals surface area contributed by atoms with Crippen LogP contribution >= 0.6 is 0 Å². The maximum absolute atomic E-state index is 12.9. The first-order chi connectivity index (χ1) is 8.51. The van der Waals surface area contributed by atoms with Crippen LogP contribution in [0, 0.1) is 5.82 Å². The van der Waals surface area contributed by atoms with Gasteiger partial charge < -0.3 is 15.7 Å². The third kappa shape index (κ3) is 5.25. The van der Waals surface area contributed by atoms with Crippen LogP contribution in [0.2, 0.25) is 0 Å². The van der Waals surface area contributed by atoms with Crippen LogP contribution in [-0.2, 0) is 4.79 Å². The molecule has 0 aliphatic carbocycles. The fraction of sp³-hybridized carbons (Fsp3) is 0.462. The number of benzene rings is 1. The molecule has 3 N–H and O–H groups in total. The number of hydrogen-bond acceptors (Lipinski definition) is 3. The Balaban J connectivity index is 2.42. The molecule has 0 saturated heterocycles. The van der Waals surface area contributed by atoms with Crippen molar-refractivity contribution in [1.82, 2.24) is 5.32 Å². The van der Waals surface area contributed by atoms with E-state index in [1.165, 1.54) is 12.1 Å². The van der Waals surface area contributed by atoms with E-state index in [0.717, 1.165) is 0 Å². The average molecular weight is 254 g/mol. The fourth-order valence-corrected chi connectivity index (χ4v) is 1.65. The molecule has 0 aromatic heterocycles. The van der Waals surface area contributed by atoms with Gasteiger partial charge in [0.05, 0.1) is 6.61 Å². The zero-order valence-corrected chi connectivity index (χ0v) is 10.6. The number of carbonyl (C=O) groups is 1. The van der Waals surface area contributed by atoms with E-state index in [4.69, 9.17) is 5.11 Å². The molecule has 4 nitrogen and oxygen atoms in total. The highest BCUT2D eigenvalue weighted by Crippen LogP contribution is 2.09. The maximum atomic E-state index is 12.9. The van der Waals surface area contributed by atoms with Crippen molar-refractivity contribution in [3.8, 4) is 0 Å². The summed E-state index contributed by atoms with van der Waals surface area (Å²) < 4.78 is 12.9. The summed E-state index contributed by atoms with van der Waals surface area (Å²) >= 11 is 0. The van der Waals surface area contributed by atoms with Gasteiger partial charge >= 0.3 is 0 Å². The third-order valence-corrected chi connectivity index (χ3v) is 2.44. The Kier molecular flexibility index (Phi) is 5.74. The first-order valence-corrected chi connectivity index (χ1v) is 5.93. The van der Waals surface area contributed by atoms with Crippen molar-refractivity contribution in [2.75, 3.05) is 11.9 Å². The van der Waals surface area contributed by atoms with Gasteiger partial charge in [-0.15, -0.1) is 0 Å². The highest BCUT2D eigenvalue weighted by Gasteiger charge is 2.11. The molecule has 0 fully saturated rings. The number of amides is 1. The standard InChI is InChI=1S/C13H19FN2O2/c1-9(15-10(2)8-17)6-13(18)16-12-5-3-4-11(14)7-12/h3-5,7,9-10,15,17H,6,8H2,1-2H3,(H,16,18)/t9?,10-/m1/s1. The van der Waals surface area contributed by atoms with Crippen molar-refractivity contribution < 1.29 is 14.3 Å². The Morgan fingerprint density at radius 2 is 2.11 bits per heavy atom. The lowest BCUT2D eigenvalue weighted by molar-refractivity contribution is -0.116. The Bertz CT molecular complexity index is 398. The lowest BCUT2D eigenvalue weighted by atomic mass is 10.2. The summed E-state index contributed by atoms with van der Waals surface area (Å²) in [5.74, 6) is -0.571. The first-order valence-electron chi connectivity index (χ1n) is 5.93. The summed E-state index contributed by atoms with van der Waals surface area (Å²) in [6.07, 6.45) is 0.265. The number of halogens is 1. The molecule has 0 spiro atoms. The van der Waals surface area contributed by atoms with E-state index in [0.29, 0.717) is 5.69 Å². The highest BCUT2D eigenvalue weighted by atomic mass is 19.1. The number of anilines is 1. The number of nitrogens with one attached hydrogen (secondary N) is 2. The van der Waals surface area contributed by atoms with E-state index in [9.17, 15) is 9.18 Å². The minimum Gasteiger partial charge on any atom is -0.395 e. The second-order valence-corrected chi connectivity index (χ2v) is 4.41. The summed E-state index contributed by atoms with van der Waals surface area (Å²) in [6.45, 7) is 3.72. The molecule has 1 unspecified atom stereocenters. The molecule has 1 aromatic carbocycles. The number of rotatable bonds is 6. The minimum absolute atomic E-state index is 0.0237. The van der Waals surface area contributed by atoms with Crippen molar-refractivity contribution in [3.63, 3.8) is 0 Å². The molecule has 0 aliphatic rings. The SMILES string of the molecule is CC(CC(=O)Nc1cccc(F)c1)N[C@H](C)CO. The van der Waals surface area contributed by atoms with Crippen LogP contribution in [0.5, 0.6) is 0 Å². The van der Waals surface area contributed by atoms with E-state index >= 15 is 0 Å². The topological polar surface area (TPSA) is 61.4 Å². The molecule has 0 saturated carbocycles. The molecule has 0 aliphatic heterocycles. The third-order valence-electron chi connectivity index (χ3n) is 2.44. The molecule has 100 valence electrons. The van der Waals surface area contributed by atoms with Gasteiger partial charge in [0.15, 0.2) is 0 Å². The van der Waals surface area contributed by atoms with Crippen LogP contribution in [0.25, 0.3) is 0 Å². The molecule has 18 heavy (non-hydrogen) atoms. The monoisotopic (exact) mass is 254 g/mol. The van der Waals surface area contributed by atoms with Crippen molar-refractivity contribution in [2.24, 2.45) is 0 Å². The number of carbonyl (C=O) groups excluding carboxylic acids is 1. The number of aliphatic hydroxyl groups is 1. The van der Waals surface area contributed by atoms with Crippen molar-refractivity contribution >= 4 is 11.6 Å². The molecule has 1 aromatic rings. The zero-order valence-electron chi connectivity index (χ0n) is 10.6. The van der Waals surface area contributed by atoms with Gasteiger partial charge in [0, 0.05) is 24.2 Å². The molecule has 1 amide bonds. The Morgan fingerprint density at radius 1 is 1.39 bits per heavy atom. The molecular formula is C13H19FN2O2. The van der Waals surface area contributed by atoms with Crippen molar-refractivity contribution in [1.29, 1.82) is 0 Å². The van der Waals surface area contributed by atoms with Gasteiger partial charge in [-0.05, 0) is 32.0 Å². The molecule has 5 heteroatoms. The van der Waals surface area contributed by atoms with Crippen molar-refractivity contribution in [3.05, 3.63) is 30.1 Å². The Hall–Kier alpha value is -1.46. The second kappa shape index (κ2) is 7.08. The van der Waals surface area contributed by atoms with E-state index in [2.05, 4.69) is 10.6 Å². The Labute approximate surface area is 106 Å². The van der Waals surface area contributed by atoms with E-state index in [1.807, 2.05) is 13.8 Å². The van der Waals surface area contributed by atoms with Crippen molar-refractivity contribution in [2.45, 2.75) is 32.4 Å². The van der Waals surface area contributed by atoms with Gasteiger partial charge in [0.2, 0.25) is 5.91 Å². The predicted molar refractivity (Wildman–Crippen MR) is 68.8 cm³/mol. The van der Waals surface area contributed by atoms with Crippen LogP contribution < -0.4 is 10.6 Å². The number of aliphatic hydroxyl groups excluding tert-OH is 1. The Morgan fingerprint density at radius 3 is 2.72 bits per heavy atom. The van der Waals surface area contributed by atoms with Gasteiger partial charge in [-0.25, -0.2) is 4.39 Å². The van der Waals surface area contributed by atoms with E-state index in [-0.39, 0.29) is 36.8 Å². The van der Waals surface area contributed by atoms with Crippen LogP contribution in [0.15, 0.2) is 24.3 Å². The van der Waals surface area contributed by atoms with E-state index in [1.54, 1.807) is 12.1 Å². The largest absolute Gasteiger partial charge is 0.395 e. The number of hydrogen-bond donors (Lipinski definition) is 3. The van der Waals surface area contributed by atoms with Gasteiger partial charge in [-0.3, -0.25) is 4.79 Å². The maximum Gasteiger partial charge on any atom is 0.225 e. The highest BCUT2D eigenvalue weighted by molar-refractivity contribution is 5.91. The molecule has 0 radical (unpaired) electrons. The first kappa shape index (κ1) is 14.6. The van der Waals surface area contributed by atoms with Crippen LogP contribution in [0.3, 0.4) is 0 Å². The lowest BCUT2D eigenvalue weighted by Crippen LogP contribution is -2.38. The predicted octanol–water partition coefficient (Wildman–Crippen LogP) is 1.51. The quantitative estimate of drug-likeness (QED) is 0.721. The van der Waals surface area contributed by atoms with Crippen LogP contribution in [-0.4, -0.2) is 29.7 Å². The summed E-state index contributed by atoms with van der Waals surface area (Å²) in [4.78, 5) is 11.7. The smallest absolute Gasteiger partial charge is 0.225 e. The van der Waals surface area contributed by atoms with Gasteiger partial charge in [0.1, 0.15) is 5.82 Å².